The van der Waals surface area contributed by atoms with Crippen LogP contribution in [-0.4, -0.2) is 13.1 Å². The number of benzene rings is 1. The number of esters is 1. The molecule has 2 N–H and O–H groups in total. The maximum Gasteiger partial charge on any atom is 0.305 e. The van der Waals surface area contributed by atoms with Crippen LogP contribution < -0.4 is 5.73 Å². The average Bonchev–Trinajstić information content (AvgIpc) is 2.38. The molecule has 0 aliphatic carbocycles. The summed E-state index contributed by atoms with van der Waals surface area (Å²) in [4.78, 5) is 10.9. The summed E-state index contributed by atoms with van der Waals surface area (Å²) in [7, 11) is 1.35. The third-order valence-electron chi connectivity index (χ3n) is 2.81. The van der Waals surface area contributed by atoms with Crippen molar-refractivity contribution in [2.24, 2.45) is 5.73 Å². The highest BCUT2D eigenvalue weighted by Gasteiger charge is 2.14. The summed E-state index contributed by atoms with van der Waals surface area (Å²) in [5.74, 6) is -0.622. The van der Waals surface area contributed by atoms with E-state index in [0.717, 1.165) is 6.42 Å². The molecule has 0 heterocycles. The van der Waals surface area contributed by atoms with E-state index in [9.17, 15) is 9.18 Å². The lowest BCUT2D eigenvalue weighted by atomic mass is 10.0. The molecule has 1 aromatic carbocycles. The van der Waals surface area contributed by atoms with Gasteiger partial charge in [-0.25, -0.2) is 4.39 Å². The Morgan fingerprint density at radius 2 is 2.21 bits per heavy atom. The van der Waals surface area contributed by atoms with Crippen molar-refractivity contribution in [3.63, 3.8) is 0 Å². The molecule has 0 saturated heterocycles. The van der Waals surface area contributed by atoms with Gasteiger partial charge in [0.1, 0.15) is 5.82 Å². The molecular weight excluding hydrogens is 337 g/mol. The minimum atomic E-state index is -0.428. The summed E-state index contributed by atoms with van der Waals surface area (Å²) in [6, 6.07) is 2.42. The van der Waals surface area contributed by atoms with E-state index in [1.165, 1.54) is 19.2 Å². The molecule has 1 aromatic rings. The Morgan fingerprint density at radius 3 is 2.84 bits per heavy atom. The van der Waals surface area contributed by atoms with Crippen LogP contribution in [0.25, 0.3) is 0 Å². The summed E-state index contributed by atoms with van der Waals surface area (Å²) in [5, 5.41) is 0.432. The molecule has 3 nitrogen and oxygen atoms in total. The van der Waals surface area contributed by atoms with Crippen molar-refractivity contribution < 1.29 is 13.9 Å². The predicted octanol–water partition coefficient (Wildman–Crippen LogP) is 3.97. The Bertz CT molecular complexity index is 457. The Hall–Kier alpha value is -0.650. The zero-order valence-electron chi connectivity index (χ0n) is 10.6. The molecule has 0 bridgehead atoms. The molecular formula is C13H16BrClFNO2. The van der Waals surface area contributed by atoms with Gasteiger partial charge in [-0.2, -0.15) is 0 Å². The fourth-order valence-corrected chi connectivity index (χ4v) is 2.20. The first-order valence-electron chi connectivity index (χ1n) is 5.92. The maximum atomic E-state index is 13.7. The fourth-order valence-electron chi connectivity index (χ4n) is 1.71. The average molecular weight is 353 g/mol. The van der Waals surface area contributed by atoms with Crippen molar-refractivity contribution in [1.29, 1.82) is 0 Å². The molecule has 0 radical (unpaired) electrons. The van der Waals surface area contributed by atoms with E-state index in [1.54, 1.807) is 0 Å². The van der Waals surface area contributed by atoms with Crippen molar-refractivity contribution in [3.05, 3.63) is 33.0 Å². The van der Waals surface area contributed by atoms with Crippen LogP contribution in [-0.2, 0) is 9.53 Å². The van der Waals surface area contributed by atoms with E-state index in [2.05, 4.69) is 20.7 Å². The van der Waals surface area contributed by atoms with Crippen LogP contribution in [0.15, 0.2) is 16.6 Å². The fraction of sp³-hybridized carbons (Fsp3) is 0.462. The number of carbonyl (C=O) groups excluding carboxylic acids is 1. The minimum absolute atomic E-state index is 0.244. The van der Waals surface area contributed by atoms with Gasteiger partial charge in [-0.05, 0) is 40.9 Å². The molecule has 0 fully saturated rings. The molecule has 0 amide bonds. The molecule has 1 rings (SSSR count). The number of nitrogens with two attached hydrogens (primary N) is 1. The first-order valence-corrected chi connectivity index (χ1v) is 7.09. The molecule has 0 aliphatic rings. The van der Waals surface area contributed by atoms with Gasteiger partial charge in [0.2, 0.25) is 0 Å². The summed E-state index contributed by atoms with van der Waals surface area (Å²) < 4.78 is 18.8. The van der Waals surface area contributed by atoms with Crippen LogP contribution in [0, 0.1) is 5.82 Å². The van der Waals surface area contributed by atoms with Crippen molar-refractivity contribution in [2.45, 2.75) is 31.7 Å². The highest BCUT2D eigenvalue weighted by molar-refractivity contribution is 9.10. The third-order valence-corrected chi connectivity index (χ3v) is 4.01. The zero-order valence-corrected chi connectivity index (χ0v) is 12.9. The van der Waals surface area contributed by atoms with Crippen molar-refractivity contribution in [2.75, 3.05) is 7.11 Å². The molecule has 6 heteroatoms. The van der Waals surface area contributed by atoms with Gasteiger partial charge in [-0.3, -0.25) is 4.79 Å². The molecule has 0 spiro atoms. The molecule has 1 atom stereocenters. The van der Waals surface area contributed by atoms with Crippen LogP contribution in [0.5, 0.6) is 0 Å². The molecule has 0 aromatic heterocycles. The van der Waals surface area contributed by atoms with Gasteiger partial charge in [0.15, 0.2) is 0 Å². The van der Waals surface area contributed by atoms with Crippen LogP contribution in [0.3, 0.4) is 0 Å². The second-order valence-electron chi connectivity index (χ2n) is 4.22. The van der Waals surface area contributed by atoms with Crippen molar-refractivity contribution >= 4 is 33.5 Å². The van der Waals surface area contributed by atoms with Crippen LogP contribution in [0.4, 0.5) is 4.39 Å². The third kappa shape index (κ3) is 5.09. The molecule has 0 aliphatic heterocycles. The summed E-state index contributed by atoms with van der Waals surface area (Å²) in [6.07, 6.45) is 2.34. The van der Waals surface area contributed by atoms with E-state index in [4.69, 9.17) is 17.3 Å². The van der Waals surface area contributed by atoms with Crippen molar-refractivity contribution in [3.8, 4) is 0 Å². The number of hydrogen-bond donors (Lipinski definition) is 1. The van der Waals surface area contributed by atoms with Crippen molar-refractivity contribution in [1.82, 2.24) is 0 Å². The van der Waals surface area contributed by atoms with E-state index >= 15 is 0 Å². The van der Waals surface area contributed by atoms with Gasteiger partial charge < -0.3 is 10.5 Å². The smallest absolute Gasteiger partial charge is 0.305 e. The zero-order chi connectivity index (χ0) is 14.4. The number of rotatable bonds is 6. The first kappa shape index (κ1) is 16.4. The Morgan fingerprint density at radius 1 is 1.53 bits per heavy atom. The summed E-state index contributed by atoms with van der Waals surface area (Å²) in [6.45, 7) is 0. The van der Waals surface area contributed by atoms with Gasteiger partial charge in [0, 0.05) is 22.5 Å². The summed E-state index contributed by atoms with van der Waals surface area (Å²) >= 11 is 9.07. The van der Waals surface area contributed by atoms with Gasteiger partial charge in [0.25, 0.3) is 0 Å². The highest BCUT2D eigenvalue weighted by Crippen LogP contribution is 2.29. The van der Waals surface area contributed by atoms with E-state index in [1.807, 2.05) is 0 Å². The quantitative estimate of drug-likeness (QED) is 0.479. The van der Waals surface area contributed by atoms with Gasteiger partial charge in [-0.15, -0.1) is 0 Å². The lowest BCUT2D eigenvalue weighted by Gasteiger charge is -2.13. The monoisotopic (exact) mass is 351 g/mol. The molecule has 19 heavy (non-hydrogen) atoms. The molecule has 106 valence electrons. The van der Waals surface area contributed by atoms with Gasteiger partial charge in [-0.1, -0.05) is 18.0 Å². The number of carbonyl (C=O) groups is 1. The van der Waals surface area contributed by atoms with Crippen LogP contribution >= 0.6 is 27.5 Å². The summed E-state index contributed by atoms with van der Waals surface area (Å²) in [5.41, 5.74) is 6.33. The predicted molar refractivity (Wildman–Crippen MR) is 76.5 cm³/mol. The standard InChI is InChI=1S/C13H16BrClFNO2/c1-19-13(18)5-3-2-4-12(17)8-6-10(15)9(14)7-11(8)16/h6-7,12H,2-5,17H2,1H3. The lowest BCUT2D eigenvalue weighted by Crippen LogP contribution is -2.12. The number of halogens is 3. The van der Waals surface area contributed by atoms with Crippen LogP contribution in [0.2, 0.25) is 5.02 Å². The number of ether oxygens (including phenoxy) is 1. The second kappa shape index (κ2) is 7.82. The molecule has 0 saturated carbocycles. The topological polar surface area (TPSA) is 52.3 Å². The second-order valence-corrected chi connectivity index (χ2v) is 5.48. The molecule has 1 unspecified atom stereocenters. The lowest BCUT2D eigenvalue weighted by molar-refractivity contribution is -0.140. The largest absolute Gasteiger partial charge is 0.469 e. The Balaban J connectivity index is 2.52. The SMILES string of the molecule is COC(=O)CCCCC(N)c1cc(Cl)c(Br)cc1F. The number of methoxy groups -OCH3 is 1. The highest BCUT2D eigenvalue weighted by atomic mass is 79.9. The normalized spacial score (nSPS) is 12.3. The minimum Gasteiger partial charge on any atom is -0.469 e. The van der Waals surface area contributed by atoms with E-state index in [-0.39, 0.29) is 11.8 Å². The number of hydrogen-bond acceptors (Lipinski definition) is 3. The Kier molecular flexibility index (Phi) is 6.75. The van der Waals surface area contributed by atoms with Gasteiger partial charge in [0.05, 0.1) is 12.1 Å². The first-order chi connectivity index (χ1) is 8.95. The van der Waals surface area contributed by atoms with Gasteiger partial charge >= 0.3 is 5.97 Å². The number of unbranched alkanes of at least 4 members (excludes halogenated alkanes) is 1. The Labute approximate surface area is 125 Å². The van der Waals surface area contributed by atoms with E-state index in [0.29, 0.717) is 34.3 Å². The van der Waals surface area contributed by atoms with Crippen LogP contribution in [0.1, 0.15) is 37.3 Å². The maximum absolute atomic E-state index is 13.7. The van der Waals surface area contributed by atoms with E-state index < -0.39 is 6.04 Å².